The van der Waals surface area contributed by atoms with E-state index in [2.05, 4.69) is 52.8 Å². The first-order chi connectivity index (χ1) is 65.1. The number of hydrogen-bond donors (Lipinski definition) is 16. The number of aromatic amines is 1. The van der Waals surface area contributed by atoms with Crippen molar-refractivity contribution < 1.29 is 92.0 Å². The van der Waals surface area contributed by atoms with Gasteiger partial charge in [-0.1, -0.05) is 167 Å². The summed E-state index contributed by atoms with van der Waals surface area (Å²) in [5, 5.41) is 57.7. The number of carbonyl (C=O) groups excluding carboxylic acids is 16. The minimum Gasteiger partial charge on any atom is -0.508 e. The molecule has 10 rings (SSSR count). The quantitative estimate of drug-likeness (QED) is 0.0358. The van der Waals surface area contributed by atoms with Gasteiger partial charge in [0.25, 0.3) is 0 Å². The maximum absolute atomic E-state index is 16.0. The van der Waals surface area contributed by atoms with Crippen LogP contribution >= 0.6 is 11.8 Å². The number of piperidine rings is 1. The van der Waals surface area contributed by atoms with Gasteiger partial charge in [-0.25, -0.2) is 0 Å². The summed E-state index contributed by atoms with van der Waals surface area (Å²) in [5.41, 5.74) is 21.0. The van der Waals surface area contributed by atoms with Crippen LogP contribution in [0, 0.1) is 5.92 Å². The Morgan fingerprint density at radius 3 is 1.56 bits per heavy atom. The Morgan fingerprint density at radius 1 is 0.471 bits per heavy atom. The summed E-state index contributed by atoms with van der Waals surface area (Å²) in [6.45, 7) is 3.94. The SMILES string of the molecule is CCCC[C@H]1C(=O)N2C[C@@H](O)C[C@@H]2C(=O)N[C@@H](CC(N)=O)C(=O)N[C@@H](C(C)C)C(=O)N(C)[C@@H](Cc2ccccc2)C(=O)N[C@@H](Cc2ccc(O)cc2)C(=O)N2CCCC[C@@H]2C(=O)N[C@@H](Cc2c[nH]c3ccccc23)C(=O)N[C@@H](Cc2ccc(O)cc2)C(=O)N[C@@H](CCCCN)C(=O)N[C@H](C(=O)NCC(N)=O)CSCC(=O)N[C@@H](Cc2ccccc2)C(=O)N(C)[C@@H](Cc2ccccc2)C(=O)N1C. The molecule has 7 aromatic rings. The van der Waals surface area contributed by atoms with E-state index in [1.165, 1.54) is 79.5 Å². The van der Waals surface area contributed by atoms with E-state index in [4.69, 9.17) is 17.2 Å². The molecule has 3 aliphatic rings. The van der Waals surface area contributed by atoms with E-state index >= 15 is 57.5 Å². The fourth-order valence-corrected chi connectivity index (χ4v) is 18.0. The second kappa shape index (κ2) is 50.5. The Morgan fingerprint density at radius 2 is 0.971 bits per heavy atom. The molecule has 0 radical (unpaired) electrons. The van der Waals surface area contributed by atoms with Crippen LogP contribution < -0.4 is 65.1 Å². The lowest BCUT2D eigenvalue weighted by Crippen LogP contribution is -2.63. The van der Waals surface area contributed by atoms with Gasteiger partial charge >= 0.3 is 0 Å². The molecule has 0 unspecified atom stereocenters. The number of aromatic nitrogens is 1. The third kappa shape index (κ3) is 29.4. The van der Waals surface area contributed by atoms with Gasteiger partial charge < -0.3 is 110 Å². The molecule has 0 saturated carbocycles. The highest BCUT2D eigenvalue weighted by Crippen LogP contribution is 2.29. The molecule has 3 saturated heterocycles. The average Bonchev–Trinajstić information content (AvgIpc) is 1.70. The van der Waals surface area contributed by atoms with Crippen molar-refractivity contribution in [2.75, 3.05) is 58.8 Å². The molecule has 16 amide bonds. The lowest BCUT2D eigenvalue weighted by atomic mass is 9.96. The van der Waals surface area contributed by atoms with E-state index in [9.17, 15) is 34.5 Å². The zero-order valence-electron chi connectivity index (χ0n) is 77.3. The first kappa shape index (κ1) is 104. The van der Waals surface area contributed by atoms with Gasteiger partial charge in [-0.2, -0.15) is 0 Å². The first-order valence-electron chi connectivity index (χ1n) is 46.0. The van der Waals surface area contributed by atoms with Crippen LogP contribution in [0.25, 0.3) is 10.9 Å². The predicted molar refractivity (Wildman–Crippen MR) is 507 cm³/mol. The molecule has 136 heavy (non-hydrogen) atoms. The van der Waals surface area contributed by atoms with Crippen LogP contribution in [0.1, 0.15) is 125 Å². The molecule has 728 valence electrons. The van der Waals surface area contributed by atoms with Crippen LogP contribution in [-0.2, 0) is 115 Å². The molecule has 19 N–H and O–H groups in total. The summed E-state index contributed by atoms with van der Waals surface area (Å²) in [6.07, 6.45) is -0.332. The summed E-state index contributed by atoms with van der Waals surface area (Å²) in [5.74, 6) is -16.5. The Kier molecular flexibility index (Phi) is 38.8. The highest BCUT2D eigenvalue weighted by Gasteiger charge is 2.48. The lowest BCUT2D eigenvalue weighted by Gasteiger charge is -2.38. The number of phenols is 2. The zero-order chi connectivity index (χ0) is 98.4. The number of H-pyrrole nitrogens is 1. The van der Waals surface area contributed by atoms with Gasteiger partial charge in [0.15, 0.2) is 0 Å². The number of aromatic hydroxyl groups is 2. The molecule has 0 aliphatic carbocycles. The van der Waals surface area contributed by atoms with Gasteiger partial charge in [-0.15, -0.1) is 11.8 Å². The van der Waals surface area contributed by atoms with Crippen molar-refractivity contribution >= 4 is 117 Å². The Bertz CT molecular complexity index is 5330. The number of rotatable bonds is 25. The molecule has 3 fully saturated rings. The first-order valence-corrected chi connectivity index (χ1v) is 47.1. The monoisotopic (exact) mass is 1890 g/mol. The van der Waals surface area contributed by atoms with Gasteiger partial charge in [0.2, 0.25) is 94.5 Å². The topological polar surface area (TPSA) is 552 Å². The van der Waals surface area contributed by atoms with E-state index < -0.39 is 223 Å². The molecule has 14 atom stereocenters. The van der Waals surface area contributed by atoms with Crippen LogP contribution in [0.5, 0.6) is 11.5 Å². The summed E-state index contributed by atoms with van der Waals surface area (Å²) in [4.78, 5) is 250. The number of carbonyl (C=O) groups is 16. The summed E-state index contributed by atoms with van der Waals surface area (Å²) >= 11 is 0.822. The molecule has 3 aliphatic heterocycles. The number of phenolic OH excluding ortho intramolecular Hbond substituents is 2. The number of fused-ring (bicyclic) bond motifs is 3. The normalized spacial score (nSPS) is 23.9. The van der Waals surface area contributed by atoms with Gasteiger partial charge in [-0.3, -0.25) is 76.7 Å². The van der Waals surface area contributed by atoms with Crippen LogP contribution in [-0.4, -0.2) is 283 Å². The Hall–Kier alpha value is -13.8. The summed E-state index contributed by atoms with van der Waals surface area (Å²) < 4.78 is 0. The number of thioether (sulfide) groups is 1. The zero-order valence-corrected chi connectivity index (χ0v) is 78.2. The molecule has 1 aromatic heterocycles. The van der Waals surface area contributed by atoms with E-state index in [0.717, 1.165) is 26.5 Å². The summed E-state index contributed by atoms with van der Waals surface area (Å²) in [7, 11) is 4.04. The Labute approximate surface area is 793 Å². The van der Waals surface area contributed by atoms with Gasteiger partial charge in [0.1, 0.15) is 90.0 Å². The number of nitrogens with zero attached hydrogens (tertiary/aromatic N) is 5. The fourth-order valence-electron chi connectivity index (χ4n) is 17.1. The van der Waals surface area contributed by atoms with E-state index in [0.29, 0.717) is 76.4 Å². The van der Waals surface area contributed by atoms with Crippen LogP contribution in [0.3, 0.4) is 0 Å². The minimum atomic E-state index is -1.86. The maximum atomic E-state index is 16.0. The van der Waals surface area contributed by atoms with E-state index in [-0.39, 0.29) is 88.8 Å². The molecular formula is C98H126N18O19S. The number of primary amides is 2. The van der Waals surface area contributed by atoms with Gasteiger partial charge in [-0.05, 0) is 121 Å². The largest absolute Gasteiger partial charge is 0.508 e. The number of nitrogens with two attached hydrogens (primary N) is 3. The van der Waals surface area contributed by atoms with Gasteiger partial charge in [0, 0.05) is 102 Å². The molecule has 6 aromatic carbocycles. The van der Waals surface area contributed by atoms with Crippen molar-refractivity contribution in [2.45, 2.75) is 215 Å². The van der Waals surface area contributed by atoms with Gasteiger partial charge in [0.05, 0.1) is 24.8 Å². The van der Waals surface area contributed by atoms with Crippen molar-refractivity contribution in [2.24, 2.45) is 23.1 Å². The number of hydrogen-bond acceptors (Lipinski definition) is 21. The van der Waals surface area contributed by atoms with Crippen molar-refractivity contribution in [3.8, 4) is 11.5 Å². The third-order valence-electron chi connectivity index (χ3n) is 24.7. The second-order valence-electron chi connectivity index (χ2n) is 35.2. The molecule has 0 spiro atoms. The number of benzene rings is 6. The minimum absolute atomic E-state index is 0.0156. The maximum Gasteiger partial charge on any atom is 0.246 e. The molecule has 0 bridgehead atoms. The predicted octanol–water partition coefficient (Wildman–Crippen LogP) is 1.24. The molecule has 4 heterocycles. The lowest BCUT2D eigenvalue weighted by molar-refractivity contribution is -0.152. The van der Waals surface area contributed by atoms with Crippen LogP contribution in [0.2, 0.25) is 0 Å². The number of amides is 16. The Balaban J connectivity index is 1.06. The average molecular weight is 1890 g/mol. The number of likely N-dealkylation sites (N-methyl/N-ethyl adjacent to an activating group) is 3. The van der Waals surface area contributed by atoms with E-state index in [1.807, 2.05) is 6.92 Å². The van der Waals surface area contributed by atoms with E-state index in [1.54, 1.807) is 135 Å². The van der Waals surface area contributed by atoms with Crippen molar-refractivity contribution in [1.82, 2.24) is 77.3 Å². The van der Waals surface area contributed by atoms with Crippen molar-refractivity contribution in [3.05, 3.63) is 203 Å². The number of nitrogens with one attached hydrogen (secondary N) is 10. The smallest absolute Gasteiger partial charge is 0.246 e. The van der Waals surface area contributed by atoms with Crippen LogP contribution in [0.15, 0.2) is 170 Å². The van der Waals surface area contributed by atoms with Crippen molar-refractivity contribution in [3.63, 3.8) is 0 Å². The molecule has 37 nitrogen and oxygen atoms in total. The summed E-state index contributed by atoms with van der Waals surface area (Å²) in [6, 6.07) is 24.5. The number of unbranched alkanes of at least 4 members (excludes halogenated alkanes) is 2. The number of para-hydroxylation sites is 1. The van der Waals surface area contributed by atoms with Crippen LogP contribution in [0.4, 0.5) is 0 Å². The number of aliphatic hydroxyl groups excluding tert-OH is 1. The highest BCUT2D eigenvalue weighted by molar-refractivity contribution is 8.00. The molecular weight excluding hydrogens is 1770 g/mol. The third-order valence-corrected chi connectivity index (χ3v) is 25.8. The second-order valence-corrected chi connectivity index (χ2v) is 36.3. The fraction of sp³-hybridized carbons (Fsp3) is 0.449. The molecule has 38 heteroatoms. The number of aliphatic hydroxyl groups is 1. The van der Waals surface area contributed by atoms with Crippen molar-refractivity contribution in [1.29, 1.82) is 0 Å². The standard InChI is InChI=1S/C98H126N18O19S/c1-7-8-33-78-97(134)116-55-67(119)51-80(116)93(130)108-73(52-82(100)120)90(127)111-85(58(2)3)98(135)113(5)79(48-60-26-14-10-15-27-60)92(129)109-75(47-63-37-41-66(118)42-38-63)95(132)115-44-23-21-34-77(115)91(128)107-72(50-64-53-102-69-31-19-18-30-68(64)69)89(126)106-71(45-62-35-39-65(117)40-36-62)88(125)105-70(32-20-22-43-99)87(124)110-76(86(123)103-54-83(101)121)56-136-57-84(122)104-74(46-59-24-12-9-13-25-59)94(131)114(6)81(96(133)112(78)4)49-61-28-16-11-17-29-61/h9-19,24-31,35-42,53,58,67,70-81,85,102,117-119H,7-8,20-23,32-34,43-52,54-57,99H2,1-6H3,(H2,100,120)(H2,101,121)(H,103,123)(H,104,122)(H,105,125)(H,106,126)(H,107,128)(H,108,130)(H,109,129)(H,110,124)(H,111,127)/t67-,70-,71-,72-,73-,74-,75-,76-,77+,78-,79-,80+,81-,85-/m0/s1. The highest BCUT2D eigenvalue weighted by atomic mass is 32.2.